The first kappa shape index (κ1) is 15.2. The molecule has 0 aliphatic rings. The molecule has 4 heteroatoms. The second-order valence-corrected chi connectivity index (χ2v) is 5.42. The van der Waals surface area contributed by atoms with Gasteiger partial charge in [-0.25, -0.2) is 4.79 Å². The number of rotatable bonds is 7. The predicted molar refractivity (Wildman–Crippen MR) is 85.8 cm³/mol. The molecule has 0 aliphatic carbocycles. The largest absolute Gasteiger partial charge is 0.493 e. The molecule has 0 saturated heterocycles. The summed E-state index contributed by atoms with van der Waals surface area (Å²) < 4.78 is 5.65. The molecule has 0 spiro atoms. The molecule has 2 aromatic rings. The lowest BCUT2D eigenvalue weighted by molar-refractivity contribution is -0.131. The molecule has 0 aliphatic heterocycles. The van der Waals surface area contributed by atoms with Crippen molar-refractivity contribution in [2.75, 3.05) is 12.4 Å². The normalized spacial score (nSPS) is 10.7. The van der Waals surface area contributed by atoms with Crippen molar-refractivity contribution in [3.8, 4) is 5.75 Å². The number of aliphatic carboxylic acids is 1. The van der Waals surface area contributed by atoms with Crippen molar-refractivity contribution in [1.82, 2.24) is 0 Å². The summed E-state index contributed by atoms with van der Waals surface area (Å²) >= 11 is 1.75. The number of thioether (sulfide) groups is 1. The summed E-state index contributed by atoms with van der Waals surface area (Å²) in [5, 5.41) is 8.55. The van der Waals surface area contributed by atoms with Crippen molar-refractivity contribution in [2.45, 2.75) is 4.90 Å². The minimum Gasteiger partial charge on any atom is -0.493 e. The first-order valence-corrected chi connectivity index (χ1v) is 7.54. The predicted octanol–water partition coefficient (Wildman–Crippen LogP) is 3.96. The van der Waals surface area contributed by atoms with Crippen LogP contribution >= 0.6 is 11.8 Å². The maximum absolute atomic E-state index is 10.4. The monoisotopic (exact) mass is 300 g/mol. The number of hydrogen-bond acceptors (Lipinski definition) is 3. The Balaban J connectivity index is 1.75. The third-order valence-corrected chi connectivity index (χ3v) is 3.64. The lowest BCUT2D eigenvalue weighted by Gasteiger charge is -2.06. The van der Waals surface area contributed by atoms with Crippen LogP contribution in [0.2, 0.25) is 0 Å². The summed E-state index contributed by atoms with van der Waals surface area (Å²) in [6.07, 6.45) is 2.67. The van der Waals surface area contributed by atoms with Gasteiger partial charge in [0.05, 0.1) is 6.61 Å². The van der Waals surface area contributed by atoms with Gasteiger partial charge in [-0.1, -0.05) is 30.3 Å². The number of carbonyl (C=O) groups is 1. The Morgan fingerprint density at radius 3 is 2.48 bits per heavy atom. The lowest BCUT2D eigenvalue weighted by Crippen LogP contribution is -1.99. The third-order valence-electron chi connectivity index (χ3n) is 2.66. The van der Waals surface area contributed by atoms with E-state index in [-0.39, 0.29) is 0 Å². The summed E-state index contributed by atoms with van der Waals surface area (Å²) in [5.74, 6) is 0.717. The molecule has 0 bridgehead atoms. The number of carboxylic acids is 1. The van der Waals surface area contributed by atoms with E-state index in [9.17, 15) is 4.79 Å². The maximum Gasteiger partial charge on any atom is 0.328 e. The van der Waals surface area contributed by atoms with E-state index in [2.05, 4.69) is 12.1 Å². The van der Waals surface area contributed by atoms with Crippen LogP contribution < -0.4 is 4.74 Å². The molecular formula is C17H16O3S. The molecule has 2 aromatic carbocycles. The number of hydrogen-bond donors (Lipinski definition) is 1. The first-order valence-electron chi connectivity index (χ1n) is 6.56. The van der Waals surface area contributed by atoms with E-state index in [1.807, 2.05) is 42.5 Å². The first-order chi connectivity index (χ1) is 10.2. The molecule has 3 nitrogen and oxygen atoms in total. The van der Waals surface area contributed by atoms with Crippen molar-refractivity contribution >= 4 is 23.8 Å². The Kier molecular flexibility index (Phi) is 5.91. The Morgan fingerprint density at radius 1 is 1.10 bits per heavy atom. The summed E-state index contributed by atoms with van der Waals surface area (Å²) in [4.78, 5) is 11.6. The van der Waals surface area contributed by atoms with Gasteiger partial charge in [0.2, 0.25) is 0 Å². The third kappa shape index (κ3) is 5.75. The van der Waals surface area contributed by atoms with Gasteiger partial charge in [0.25, 0.3) is 0 Å². The van der Waals surface area contributed by atoms with Crippen LogP contribution in [0.1, 0.15) is 5.56 Å². The minimum atomic E-state index is -0.951. The molecular weight excluding hydrogens is 284 g/mol. The van der Waals surface area contributed by atoms with Gasteiger partial charge in [-0.2, -0.15) is 0 Å². The van der Waals surface area contributed by atoms with Gasteiger partial charge >= 0.3 is 5.97 Å². The highest BCUT2D eigenvalue weighted by molar-refractivity contribution is 7.99. The highest BCUT2D eigenvalue weighted by atomic mass is 32.2. The highest BCUT2D eigenvalue weighted by Crippen LogP contribution is 2.18. The summed E-state index contributed by atoms with van der Waals surface area (Å²) in [5.41, 5.74) is 0.836. The minimum absolute atomic E-state index is 0.629. The molecule has 1 N–H and O–H groups in total. The molecule has 0 saturated carbocycles. The van der Waals surface area contributed by atoms with Crippen LogP contribution in [0.15, 0.2) is 65.6 Å². The second-order valence-electron chi connectivity index (χ2n) is 4.25. The molecule has 0 fully saturated rings. The average molecular weight is 300 g/mol. The van der Waals surface area contributed by atoms with Gasteiger partial charge in [-0.3, -0.25) is 0 Å². The van der Waals surface area contributed by atoms with Crippen molar-refractivity contribution < 1.29 is 14.6 Å². The summed E-state index contributed by atoms with van der Waals surface area (Å²) in [7, 11) is 0. The van der Waals surface area contributed by atoms with Crippen molar-refractivity contribution in [1.29, 1.82) is 0 Å². The zero-order chi connectivity index (χ0) is 14.9. The molecule has 0 radical (unpaired) electrons. The lowest BCUT2D eigenvalue weighted by atomic mass is 10.2. The van der Waals surface area contributed by atoms with Crippen LogP contribution in [0.5, 0.6) is 5.75 Å². The van der Waals surface area contributed by atoms with E-state index in [1.165, 1.54) is 4.90 Å². The average Bonchev–Trinajstić information content (AvgIpc) is 2.52. The van der Waals surface area contributed by atoms with Crippen LogP contribution in [0, 0.1) is 0 Å². The van der Waals surface area contributed by atoms with Crippen molar-refractivity contribution in [2.24, 2.45) is 0 Å². The van der Waals surface area contributed by atoms with E-state index >= 15 is 0 Å². The fourth-order valence-electron chi connectivity index (χ4n) is 1.68. The van der Waals surface area contributed by atoms with E-state index < -0.39 is 5.97 Å². The second kappa shape index (κ2) is 8.17. The fraction of sp³-hybridized carbons (Fsp3) is 0.118. The van der Waals surface area contributed by atoms with Crippen LogP contribution in [-0.4, -0.2) is 23.4 Å². The molecule has 0 heterocycles. The number of benzene rings is 2. The van der Waals surface area contributed by atoms with Crippen LogP contribution in [0.4, 0.5) is 0 Å². The fourth-order valence-corrected chi connectivity index (χ4v) is 2.43. The van der Waals surface area contributed by atoms with E-state index in [0.717, 1.165) is 23.1 Å². The zero-order valence-electron chi connectivity index (χ0n) is 11.4. The number of ether oxygens (including phenoxy) is 1. The molecule has 0 atom stereocenters. The van der Waals surface area contributed by atoms with Crippen LogP contribution in [-0.2, 0) is 4.79 Å². The highest BCUT2D eigenvalue weighted by Gasteiger charge is 1.96. The maximum atomic E-state index is 10.4. The van der Waals surface area contributed by atoms with Gasteiger partial charge < -0.3 is 9.84 Å². The molecule has 0 amide bonds. The number of carboxylic acid groups (broad SMARTS) is 1. The Hall–Kier alpha value is -2.20. The van der Waals surface area contributed by atoms with E-state index in [1.54, 1.807) is 17.8 Å². The van der Waals surface area contributed by atoms with Gasteiger partial charge in [0, 0.05) is 16.7 Å². The molecule has 108 valence electrons. The zero-order valence-corrected chi connectivity index (χ0v) is 12.3. The van der Waals surface area contributed by atoms with Crippen molar-refractivity contribution in [3.05, 3.63) is 66.2 Å². The van der Waals surface area contributed by atoms with Crippen molar-refractivity contribution in [3.63, 3.8) is 0 Å². The standard InChI is InChI=1S/C17H16O3S/c18-17(19)11-8-14-6-9-15(10-7-14)20-12-13-21-16-4-2-1-3-5-16/h1-11H,12-13H2,(H,18,19). The van der Waals surface area contributed by atoms with Gasteiger partial charge in [0.1, 0.15) is 5.75 Å². The molecule has 0 unspecified atom stereocenters. The Labute approximate surface area is 128 Å². The van der Waals surface area contributed by atoms with Gasteiger partial charge in [-0.05, 0) is 35.9 Å². The van der Waals surface area contributed by atoms with Gasteiger partial charge in [0.15, 0.2) is 0 Å². The molecule has 2 rings (SSSR count). The smallest absolute Gasteiger partial charge is 0.328 e. The van der Waals surface area contributed by atoms with E-state index in [4.69, 9.17) is 9.84 Å². The summed E-state index contributed by atoms with van der Waals surface area (Å²) in [6.45, 7) is 0.629. The molecule has 0 aromatic heterocycles. The van der Waals surface area contributed by atoms with Crippen LogP contribution in [0.25, 0.3) is 6.08 Å². The van der Waals surface area contributed by atoms with Crippen LogP contribution in [0.3, 0.4) is 0 Å². The quantitative estimate of drug-likeness (QED) is 0.478. The SMILES string of the molecule is O=C(O)C=Cc1ccc(OCCSc2ccccc2)cc1. The van der Waals surface area contributed by atoms with E-state index in [0.29, 0.717) is 6.61 Å². The molecule has 21 heavy (non-hydrogen) atoms. The topological polar surface area (TPSA) is 46.5 Å². The Morgan fingerprint density at radius 2 is 1.81 bits per heavy atom. The Bertz CT molecular complexity index is 591. The summed E-state index contributed by atoms with van der Waals surface area (Å²) in [6, 6.07) is 17.5. The van der Waals surface area contributed by atoms with Gasteiger partial charge in [-0.15, -0.1) is 11.8 Å².